The van der Waals surface area contributed by atoms with E-state index in [0.29, 0.717) is 9.47 Å². The number of thiazole rings is 1. The van der Waals surface area contributed by atoms with E-state index >= 15 is 0 Å². The number of nitrogens with zero attached hydrogens (tertiary/aromatic N) is 1. The van der Waals surface area contributed by atoms with Crippen molar-refractivity contribution >= 4 is 34.0 Å². The van der Waals surface area contributed by atoms with E-state index in [1.54, 1.807) is 0 Å². The van der Waals surface area contributed by atoms with Crippen molar-refractivity contribution < 1.29 is 4.79 Å². The van der Waals surface area contributed by atoms with Crippen LogP contribution in [0.3, 0.4) is 0 Å². The molecule has 0 aliphatic carbocycles. The standard InChI is InChI=1S/C5H6ClN3OS/c6-3-2-8-5(11-3)9-4(10)1-7/h2H,1,7H2,(H,8,9,10). The number of nitrogens with two attached hydrogens (primary N) is 1. The van der Waals surface area contributed by atoms with Gasteiger partial charge in [0, 0.05) is 0 Å². The molecular formula is C5H6ClN3OS. The molecule has 3 N–H and O–H groups in total. The first kappa shape index (κ1) is 8.45. The fourth-order valence-electron chi connectivity index (χ4n) is 0.483. The smallest absolute Gasteiger partial charge is 0.239 e. The Morgan fingerprint density at radius 2 is 2.64 bits per heavy atom. The molecule has 0 bridgehead atoms. The zero-order valence-electron chi connectivity index (χ0n) is 5.50. The first-order chi connectivity index (χ1) is 5.22. The molecule has 0 aliphatic rings. The van der Waals surface area contributed by atoms with Crippen molar-refractivity contribution in [3.8, 4) is 0 Å². The number of halogens is 1. The summed E-state index contributed by atoms with van der Waals surface area (Å²) in [6.07, 6.45) is 1.47. The lowest BCUT2D eigenvalue weighted by molar-refractivity contribution is -0.114. The van der Waals surface area contributed by atoms with Gasteiger partial charge in [0.2, 0.25) is 5.91 Å². The maximum atomic E-state index is 10.7. The van der Waals surface area contributed by atoms with Gasteiger partial charge in [0.1, 0.15) is 4.34 Å². The van der Waals surface area contributed by atoms with Crippen LogP contribution in [-0.2, 0) is 4.79 Å². The first-order valence-corrected chi connectivity index (χ1v) is 4.03. The summed E-state index contributed by atoms with van der Waals surface area (Å²) in [5.74, 6) is -0.268. The van der Waals surface area contributed by atoms with Crippen LogP contribution in [0.5, 0.6) is 0 Å². The molecule has 0 saturated carbocycles. The van der Waals surface area contributed by atoms with Gasteiger partial charge in [0.25, 0.3) is 0 Å². The van der Waals surface area contributed by atoms with E-state index in [1.165, 1.54) is 17.5 Å². The summed E-state index contributed by atoms with van der Waals surface area (Å²) in [7, 11) is 0. The van der Waals surface area contributed by atoms with Crippen LogP contribution in [0.2, 0.25) is 4.34 Å². The van der Waals surface area contributed by atoms with E-state index in [1.807, 2.05) is 0 Å². The molecule has 1 aromatic heterocycles. The maximum absolute atomic E-state index is 10.7. The van der Waals surface area contributed by atoms with Gasteiger partial charge in [-0.25, -0.2) is 4.98 Å². The Kier molecular flexibility index (Phi) is 2.81. The van der Waals surface area contributed by atoms with Gasteiger partial charge < -0.3 is 11.1 Å². The number of carbonyl (C=O) groups excluding carboxylic acids is 1. The minimum absolute atomic E-state index is 0.0444. The Bertz CT molecular complexity index is 262. The highest BCUT2D eigenvalue weighted by atomic mass is 35.5. The SMILES string of the molecule is NCC(=O)Nc1ncc(Cl)s1. The van der Waals surface area contributed by atoms with Gasteiger partial charge in [0.05, 0.1) is 12.7 Å². The second kappa shape index (κ2) is 3.66. The third kappa shape index (κ3) is 2.45. The molecule has 0 radical (unpaired) electrons. The third-order valence-corrected chi connectivity index (χ3v) is 1.94. The number of rotatable bonds is 2. The molecule has 0 unspecified atom stereocenters. The van der Waals surface area contributed by atoms with Crippen molar-refractivity contribution in [1.82, 2.24) is 4.98 Å². The average Bonchev–Trinajstić information content (AvgIpc) is 2.35. The van der Waals surface area contributed by atoms with Crippen molar-refractivity contribution in [3.63, 3.8) is 0 Å². The van der Waals surface area contributed by atoms with Gasteiger partial charge in [-0.15, -0.1) is 0 Å². The van der Waals surface area contributed by atoms with Crippen LogP contribution >= 0.6 is 22.9 Å². The van der Waals surface area contributed by atoms with Crippen LogP contribution in [0.15, 0.2) is 6.20 Å². The minimum atomic E-state index is -0.268. The monoisotopic (exact) mass is 191 g/mol. The number of anilines is 1. The number of carbonyl (C=O) groups is 1. The number of aromatic nitrogens is 1. The van der Waals surface area contributed by atoms with Crippen LogP contribution in [0.4, 0.5) is 5.13 Å². The highest BCUT2D eigenvalue weighted by molar-refractivity contribution is 7.19. The summed E-state index contributed by atoms with van der Waals surface area (Å²) in [4.78, 5) is 14.5. The second-order valence-electron chi connectivity index (χ2n) is 1.72. The Morgan fingerprint density at radius 1 is 1.91 bits per heavy atom. The molecule has 6 heteroatoms. The molecule has 0 spiro atoms. The molecule has 1 rings (SSSR count). The predicted octanol–water partition coefficient (Wildman–Crippen LogP) is 0.694. The minimum Gasteiger partial charge on any atom is -0.322 e. The van der Waals surface area contributed by atoms with E-state index in [9.17, 15) is 4.79 Å². The number of hydrogen-bond donors (Lipinski definition) is 2. The lowest BCUT2D eigenvalue weighted by atomic mass is 10.6. The first-order valence-electron chi connectivity index (χ1n) is 2.83. The van der Waals surface area contributed by atoms with Gasteiger partial charge in [-0.05, 0) is 0 Å². The Labute approximate surface area is 72.4 Å². The zero-order chi connectivity index (χ0) is 8.27. The lowest BCUT2D eigenvalue weighted by Gasteiger charge is -1.94. The summed E-state index contributed by atoms with van der Waals surface area (Å²) in [6.45, 7) is -0.0444. The van der Waals surface area contributed by atoms with Gasteiger partial charge in [0.15, 0.2) is 5.13 Å². The quantitative estimate of drug-likeness (QED) is 0.723. The van der Waals surface area contributed by atoms with E-state index in [0.717, 1.165) is 0 Å². The van der Waals surface area contributed by atoms with Gasteiger partial charge in [-0.1, -0.05) is 22.9 Å². The van der Waals surface area contributed by atoms with Crippen LogP contribution in [-0.4, -0.2) is 17.4 Å². The van der Waals surface area contributed by atoms with Crippen molar-refractivity contribution in [1.29, 1.82) is 0 Å². The van der Waals surface area contributed by atoms with Crippen LogP contribution in [0.1, 0.15) is 0 Å². The molecule has 1 amide bonds. The van der Waals surface area contributed by atoms with E-state index in [2.05, 4.69) is 10.3 Å². The second-order valence-corrected chi connectivity index (χ2v) is 3.38. The molecule has 1 heterocycles. The Morgan fingerprint density at radius 3 is 3.09 bits per heavy atom. The van der Waals surface area contributed by atoms with Gasteiger partial charge in [-0.3, -0.25) is 4.79 Å². The largest absolute Gasteiger partial charge is 0.322 e. The fraction of sp³-hybridized carbons (Fsp3) is 0.200. The van der Waals surface area contributed by atoms with Crippen molar-refractivity contribution in [2.24, 2.45) is 5.73 Å². The molecule has 0 aromatic carbocycles. The Hall–Kier alpha value is -0.650. The summed E-state index contributed by atoms with van der Waals surface area (Å²) in [5.41, 5.74) is 5.06. The molecule has 4 nitrogen and oxygen atoms in total. The topological polar surface area (TPSA) is 68.0 Å². The summed E-state index contributed by atoms with van der Waals surface area (Å²) < 4.78 is 0.539. The molecule has 1 aromatic rings. The van der Waals surface area contributed by atoms with Crippen molar-refractivity contribution in [3.05, 3.63) is 10.5 Å². The molecule has 60 valence electrons. The fourth-order valence-corrected chi connectivity index (χ4v) is 1.31. The van der Waals surface area contributed by atoms with Crippen LogP contribution in [0.25, 0.3) is 0 Å². The lowest BCUT2D eigenvalue weighted by Crippen LogP contribution is -2.21. The predicted molar refractivity (Wildman–Crippen MR) is 44.8 cm³/mol. The van der Waals surface area contributed by atoms with Crippen molar-refractivity contribution in [2.45, 2.75) is 0 Å². The number of nitrogens with one attached hydrogen (secondary N) is 1. The van der Waals surface area contributed by atoms with Gasteiger partial charge in [-0.2, -0.15) is 0 Å². The van der Waals surface area contributed by atoms with Gasteiger partial charge >= 0.3 is 0 Å². The molecular weight excluding hydrogens is 186 g/mol. The number of amides is 1. The molecule has 0 fully saturated rings. The Balaban J connectivity index is 2.57. The third-order valence-electron chi connectivity index (χ3n) is 0.909. The normalized spacial score (nSPS) is 9.64. The maximum Gasteiger partial charge on any atom is 0.239 e. The highest BCUT2D eigenvalue weighted by Crippen LogP contribution is 2.21. The zero-order valence-corrected chi connectivity index (χ0v) is 7.08. The summed E-state index contributed by atoms with van der Waals surface area (Å²) in [6, 6.07) is 0. The van der Waals surface area contributed by atoms with E-state index in [4.69, 9.17) is 17.3 Å². The molecule has 11 heavy (non-hydrogen) atoms. The van der Waals surface area contributed by atoms with Crippen molar-refractivity contribution in [2.75, 3.05) is 11.9 Å². The summed E-state index contributed by atoms with van der Waals surface area (Å²) in [5, 5.41) is 2.95. The average molecular weight is 192 g/mol. The van der Waals surface area contributed by atoms with Crippen LogP contribution in [0, 0.1) is 0 Å². The van der Waals surface area contributed by atoms with E-state index < -0.39 is 0 Å². The summed E-state index contributed by atoms with van der Waals surface area (Å²) >= 11 is 6.76. The molecule has 0 atom stereocenters. The molecule has 0 saturated heterocycles. The highest BCUT2D eigenvalue weighted by Gasteiger charge is 2.02. The number of hydrogen-bond acceptors (Lipinski definition) is 4. The van der Waals surface area contributed by atoms with Crippen LogP contribution < -0.4 is 11.1 Å². The van der Waals surface area contributed by atoms with E-state index in [-0.39, 0.29) is 12.5 Å². The molecule has 0 aliphatic heterocycles.